The molecule has 0 amide bonds. The van der Waals surface area contributed by atoms with Crippen molar-refractivity contribution in [2.45, 2.75) is 37.5 Å². The van der Waals surface area contributed by atoms with E-state index in [1.807, 2.05) is 0 Å². The topological polar surface area (TPSA) is 52.6 Å². The summed E-state index contributed by atoms with van der Waals surface area (Å²) in [6, 6.07) is 0. The second-order valence-electron chi connectivity index (χ2n) is 4.77. The molecule has 0 aliphatic carbocycles. The molecular formula is C11H10F10O4. The van der Waals surface area contributed by atoms with Gasteiger partial charge in [-0.2, -0.15) is 43.9 Å². The smallest absolute Gasteiger partial charge is 0.461 e. The molecule has 0 bridgehead atoms. The highest BCUT2D eigenvalue weighted by Crippen LogP contribution is 2.37. The van der Waals surface area contributed by atoms with Gasteiger partial charge in [0.2, 0.25) is 0 Å². The predicted molar refractivity (Wildman–Crippen MR) is 57.7 cm³/mol. The lowest BCUT2D eigenvalue weighted by atomic mass is 10.1. The third kappa shape index (κ3) is 5.92. The average molecular weight is 396 g/mol. The van der Waals surface area contributed by atoms with Gasteiger partial charge in [0.25, 0.3) is 0 Å². The summed E-state index contributed by atoms with van der Waals surface area (Å²) in [6.07, 6.45) is -12.9. The highest BCUT2D eigenvalue weighted by Gasteiger charge is 2.65. The molecule has 0 radical (unpaired) electrons. The Labute approximate surface area is 133 Å². The number of esters is 2. The summed E-state index contributed by atoms with van der Waals surface area (Å²) in [4.78, 5) is 21.2. The number of hydrogen-bond acceptors (Lipinski definition) is 4. The highest BCUT2D eigenvalue weighted by molar-refractivity contribution is 5.79. The Morgan fingerprint density at radius 3 is 1.48 bits per heavy atom. The lowest BCUT2D eigenvalue weighted by Crippen LogP contribution is -2.45. The standard InChI is InChI=1S/C11H10F10O4/c1-5(4-25-7(23)9(14,15)11(19,20)21)2-3-24-6(22)8(12,13)10(16,17)18/h5H,2-4H2,1H3. The molecule has 1 unspecified atom stereocenters. The summed E-state index contributed by atoms with van der Waals surface area (Å²) in [6.45, 7) is -1.02. The largest absolute Gasteiger partial charge is 0.465 e. The predicted octanol–water partition coefficient (Wildman–Crippen LogP) is 3.49. The second-order valence-corrected chi connectivity index (χ2v) is 4.77. The van der Waals surface area contributed by atoms with Gasteiger partial charge < -0.3 is 9.47 Å². The Bertz CT molecular complexity index is 482. The van der Waals surface area contributed by atoms with Gasteiger partial charge >= 0.3 is 36.1 Å². The van der Waals surface area contributed by atoms with E-state index in [9.17, 15) is 53.5 Å². The van der Waals surface area contributed by atoms with Gasteiger partial charge in [-0.25, -0.2) is 9.59 Å². The number of ether oxygens (including phenoxy) is 2. The van der Waals surface area contributed by atoms with Gasteiger partial charge in [0.1, 0.15) is 0 Å². The zero-order valence-electron chi connectivity index (χ0n) is 12.1. The molecule has 0 spiro atoms. The first-order valence-electron chi connectivity index (χ1n) is 6.18. The van der Waals surface area contributed by atoms with Crippen LogP contribution in [0, 0.1) is 5.92 Å². The van der Waals surface area contributed by atoms with Gasteiger partial charge in [0, 0.05) is 0 Å². The molecule has 0 aromatic rings. The SMILES string of the molecule is CC(CCOC(=O)C(F)(F)C(F)(F)F)COC(=O)C(F)(F)C(F)(F)F. The Hall–Kier alpha value is -1.76. The van der Waals surface area contributed by atoms with Crippen LogP contribution in [-0.2, 0) is 19.1 Å². The number of carbonyl (C=O) groups is 2. The van der Waals surface area contributed by atoms with Crippen molar-refractivity contribution in [1.82, 2.24) is 0 Å². The molecular weight excluding hydrogens is 386 g/mol. The first-order chi connectivity index (χ1) is 10.9. The minimum atomic E-state index is -6.19. The zero-order chi connectivity index (χ0) is 20.3. The van der Waals surface area contributed by atoms with E-state index in [1.54, 1.807) is 0 Å². The number of alkyl halides is 10. The van der Waals surface area contributed by atoms with Crippen molar-refractivity contribution in [3.8, 4) is 0 Å². The van der Waals surface area contributed by atoms with Crippen molar-refractivity contribution in [1.29, 1.82) is 0 Å². The molecule has 0 aliphatic heterocycles. The number of rotatable bonds is 7. The van der Waals surface area contributed by atoms with Gasteiger partial charge in [0.15, 0.2) is 0 Å². The fraction of sp³-hybridized carbons (Fsp3) is 0.818. The van der Waals surface area contributed by atoms with Crippen LogP contribution in [0.2, 0.25) is 0 Å². The van der Waals surface area contributed by atoms with Crippen LogP contribution in [0.15, 0.2) is 0 Å². The molecule has 4 nitrogen and oxygen atoms in total. The van der Waals surface area contributed by atoms with Crippen LogP contribution in [0.25, 0.3) is 0 Å². The molecule has 0 heterocycles. The molecule has 25 heavy (non-hydrogen) atoms. The average Bonchev–Trinajstić information content (AvgIpc) is 2.41. The molecule has 0 rings (SSSR count). The highest BCUT2D eigenvalue weighted by atomic mass is 19.4. The Morgan fingerprint density at radius 1 is 0.760 bits per heavy atom. The summed E-state index contributed by atoms with van der Waals surface area (Å²) in [7, 11) is 0. The van der Waals surface area contributed by atoms with Crippen molar-refractivity contribution in [2.75, 3.05) is 13.2 Å². The maximum absolute atomic E-state index is 12.5. The number of hydrogen-bond donors (Lipinski definition) is 0. The zero-order valence-corrected chi connectivity index (χ0v) is 12.1. The van der Waals surface area contributed by atoms with Crippen LogP contribution in [0.4, 0.5) is 43.9 Å². The van der Waals surface area contributed by atoms with Crippen molar-refractivity contribution in [3.63, 3.8) is 0 Å². The fourth-order valence-corrected chi connectivity index (χ4v) is 1.07. The van der Waals surface area contributed by atoms with E-state index in [1.165, 1.54) is 0 Å². The second kappa shape index (κ2) is 7.64. The van der Waals surface area contributed by atoms with Gasteiger partial charge in [-0.3, -0.25) is 0 Å². The lowest BCUT2D eigenvalue weighted by molar-refractivity contribution is -0.281. The normalized spacial score (nSPS) is 14.8. The molecule has 148 valence electrons. The summed E-state index contributed by atoms with van der Waals surface area (Å²) in [5, 5.41) is 0. The van der Waals surface area contributed by atoms with Crippen LogP contribution in [0.1, 0.15) is 13.3 Å². The summed E-state index contributed by atoms with van der Waals surface area (Å²) < 4.78 is 128. The third-order valence-corrected chi connectivity index (χ3v) is 2.57. The molecule has 1 atom stereocenters. The molecule has 0 fully saturated rings. The van der Waals surface area contributed by atoms with Gasteiger partial charge in [-0.05, 0) is 12.3 Å². The van der Waals surface area contributed by atoms with Crippen molar-refractivity contribution < 1.29 is 63.0 Å². The van der Waals surface area contributed by atoms with E-state index >= 15 is 0 Å². The molecule has 0 saturated carbocycles. The van der Waals surface area contributed by atoms with Gasteiger partial charge in [-0.1, -0.05) is 6.92 Å². The van der Waals surface area contributed by atoms with Gasteiger partial charge in [-0.15, -0.1) is 0 Å². The van der Waals surface area contributed by atoms with Crippen LogP contribution < -0.4 is 0 Å². The van der Waals surface area contributed by atoms with Crippen molar-refractivity contribution in [2.24, 2.45) is 5.92 Å². The molecule has 0 N–H and O–H groups in total. The summed E-state index contributed by atoms with van der Waals surface area (Å²) in [5.74, 6) is -18.4. The van der Waals surface area contributed by atoms with Crippen LogP contribution in [0.3, 0.4) is 0 Å². The molecule has 14 heteroatoms. The minimum Gasteiger partial charge on any atom is -0.461 e. The first kappa shape index (κ1) is 23.2. The molecule has 0 saturated heterocycles. The number of carbonyl (C=O) groups excluding carboxylic acids is 2. The lowest BCUT2D eigenvalue weighted by Gasteiger charge is -2.20. The molecule has 0 aromatic carbocycles. The third-order valence-electron chi connectivity index (χ3n) is 2.57. The van der Waals surface area contributed by atoms with Crippen LogP contribution in [-0.4, -0.2) is 49.4 Å². The Kier molecular flexibility index (Phi) is 7.10. The monoisotopic (exact) mass is 396 g/mol. The van der Waals surface area contributed by atoms with Crippen LogP contribution >= 0.6 is 0 Å². The Balaban J connectivity index is 4.37. The summed E-state index contributed by atoms with van der Waals surface area (Å²) in [5.41, 5.74) is 0. The van der Waals surface area contributed by atoms with Crippen molar-refractivity contribution in [3.05, 3.63) is 0 Å². The maximum Gasteiger partial charge on any atom is 0.465 e. The first-order valence-corrected chi connectivity index (χ1v) is 6.18. The van der Waals surface area contributed by atoms with Crippen LogP contribution in [0.5, 0.6) is 0 Å². The minimum absolute atomic E-state index is 0.551. The molecule has 0 aromatic heterocycles. The van der Waals surface area contributed by atoms with E-state index in [0.29, 0.717) is 0 Å². The van der Waals surface area contributed by atoms with E-state index in [0.717, 1.165) is 6.92 Å². The fourth-order valence-electron chi connectivity index (χ4n) is 1.07. The number of halogens is 10. The summed E-state index contributed by atoms with van der Waals surface area (Å²) >= 11 is 0. The quantitative estimate of drug-likeness (QED) is 0.489. The van der Waals surface area contributed by atoms with Crippen molar-refractivity contribution >= 4 is 11.9 Å². The maximum atomic E-state index is 12.5. The van der Waals surface area contributed by atoms with E-state index in [4.69, 9.17) is 0 Å². The van der Waals surface area contributed by atoms with E-state index in [2.05, 4.69) is 9.47 Å². The van der Waals surface area contributed by atoms with E-state index < -0.39 is 61.7 Å². The van der Waals surface area contributed by atoms with Gasteiger partial charge in [0.05, 0.1) is 13.2 Å². The Morgan fingerprint density at radius 2 is 1.12 bits per heavy atom. The van der Waals surface area contributed by atoms with E-state index in [-0.39, 0.29) is 0 Å². The molecule has 0 aliphatic rings.